The minimum absolute atomic E-state index is 0.209. The van der Waals surface area contributed by atoms with E-state index in [2.05, 4.69) is 39.6 Å². The number of anilines is 1. The van der Waals surface area contributed by atoms with Gasteiger partial charge in [-0.3, -0.25) is 4.79 Å². The molecule has 2 atom stereocenters. The molecule has 0 spiro atoms. The van der Waals surface area contributed by atoms with E-state index in [0.29, 0.717) is 18.7 Å². The van der Waals surface area contributed by atoms with Crippen molar-refractivity contribution in [2.75, 3.05) is 11.9 Å². The van der Waals surface area contributed by atoms with E-state index in [-0.39, 0.29) is 10.8 Å². The molecule has 5 aromatic carbocycles. The lowest BCUT2D eigenvalue weighted by molar-refractivity contribution is -0.117. The molecule has 1 saturated heterocycles. The maximum absolute atomic E-state index is 13.8. The quantitative estimate of drug-likeness (QED) is 0.190. The maximum atomic E-state index is 13.8. The Bertz CT molecular complexity index is 1770. The van der Waals surface area contributed by atoms with Crippen LogP contribution in [-0.2, 0) is 14.8 Å². The van der Waals surface area contributed by atoms with Gasteiger partial charge in [-0.05, 0) is 59.9 Å². The first-order valence-electron chi connectivity index (χ1n) is 14.3. The molecule has 0 bridgehead atoms. The SMILES string of the molecule is Cc1ccc(S(=O)(=O)N[C@@H]2CN[C@H](C(=O)Nc3c(-c4ccccc4)cc(-c4ccccc4)cc3-c3ccccc3)C2)cc1. The Labute approximate surface area is 252 Å². The number of rotatable bonds is 8. The van der Waals surface area contributed by atoms with Gasteiger partial charge in [0.15, 0.2) is 0 Å². The minimum atomic E-state index is -3.71. The number of aryl methyl sites for hydroxylation is 1. The van der Waals surface area contributed by atoms with E-state index in [1.54, 1.807) is 24.3 Å². The molecule has 6 nitrogen and oxygen atoms in total. The van der Waals surface area contributed by atoms with E-state index < -0.39 is 22.1 Å². The van der Waals surface area contributed by atoms with Crippen molar-refractivity contribution in [1.82, 2.24) is 10.0 Å². The zero-order valence-corrected chi connectivity index (χ0v) is 24.6. The van der Waals surface area contributed by atoms with Gasteiger partial charge in [0.25, 0.3) is 0 Å². The van der Waals surface area contributed by atoms with Crippen molar-refractivity contribution >= 4 is 21.6 Å². The summed E-state index contributed by atoms with van der Waals surface area (Å²) in [6.07, 6.45) is 0.334. The van der Waals surface area contributed by atoms with Crippen LogP contribution in [0.4, 0.5) is 5.69 Å². The fraction of sp³-hybridized carbons (Fsp3) is 0.139. The Morgan fingerprint density at radius 1 is 0.698 bits per heavy atom. The van der Waals surface area contributed by atoms with E-state index in [4.69, 9.17) is 0 Å². The number of nitrogens with one attached hydrogen (secondary N) is 3. The van der Waals surface area contributed by atoms with Gasteiger partial charge < -0.3 is 10.6 Å². The lowest BCUT2D eigenvalue weighted by atomic mass is 9.90. The maximum Gasteiger partial charge on any atom is 0.241 e. The highest BCUT2D eigenvalue weighted by Gasteiger charge is 2.33. The molecule has 5 aromatic rings. The van der Waals surface area contributed by atoms with Crippen LogP contribution >= 0.6 is 0 Å². The van der Waals surface area contributed by atoms with Crippen molar-refractivity contribution in [3.63, 3.8) is 0 Å². The first-order chi connectivity index (χ1) is 20.9. The van der Waals surface area contributed by atoms with Crippen molar-refractivity contribution in [3.05, 3.63) is 133 Å². The Morgan fingerprint density at radius 2 is 1.21 bits per heavy atom. The molecular weight excluding hydrogens is 554 g/mol. The van der Waals surface area contributed by atoms with Crippen LogP contribution in [0.25, 0.3) is 33.4 Å². The van der Waals surface area contributed by atoms with Gasteiger partial charge in [0.05, 0.1) is 16.6 Å². The van der Waals surface area contributed by atoms with Gasteiger partial charge in [0, 0.05) is 23.7 Å². The van der Waals surface area contributed by atoms with Crippen LogP contribution < -0.4 is 15.4 Å². The number of hydrogen-bond acceptors (Lipinski definition) is 4. The second kappa shape index (κ2) is 12.4. The van der Waals surface area contributed by atoms with Crippen molar-refractivity contribution in [1.29, 1.82) is 0 Å². The zero-order valence-electron chi connectivity index (χ0n) is 23.8. The second-order valence-electron chi connectivity index (χ2n) is 10.9. The lowest BCUT2D eigenvalue weighted by Crippen LogP contribution is -2.36. The predicted molar refractivity (Wildman–Crippen MR) is 173 cm³/mol. The van der Waals surface area contributed by atoms with E-state index in [1.165, 1.54) is 0 Å². The summed E-state index contributed by atoms with van der Waals surface area (Å²) in [5.41, 5.74) is 7.60. The summed E-state index contributed by atoms with van der Waals surface area (Å²) in [5.74, 6) is -0.209. The van der Waals surface area contributed by atoms with Gasteiger partial charge in [-0.25, -0.2) is 13.1 Å². The first kappa shape index (κ1) is 28.6. The van der Waals surface area contributed by atoms with Crippen LogP contribution in [0.15, 0.2) is 132 Å². The number of sulfonamides is 1. The molecule has 0 unspecified atom stereocenters. The summed E-state index contributed by atoms with van der Waals surface area (Å²) in [6, 6.07) is 40.3. The second-order valence-corrected chi connectivity index (χ2v) is 12.6. The number of benzene rings is 5. The third-order valence-electron chi connectivity index (χ3n) is 7.76. The summed E-state index contributed by atoms with van der Waals surface area (Å²) in [6.45, 7) is 2.27. The molecule has 0 aliphatic carbocycles. The average molecular weight is 588 g/mol. The normalized spacial score (nSPS) is 16.6. The van der Waals surface area contributed by atoms with Crippen LogP contribution in [0.1, 0.15) is 12.0 Å². The summed E-state index contributed by atoms with van der Waals surface area (Å²) >= 11 is 0. The number of carbonyl (C=O) groups is 1. The van der Waals surface area contributed by atoms with Crippen molar-refractivity contribution in [2.45, 2.75) is 30.3 Å². The minimum Gasteiger partial charge on any atom is -0.324 e. The molecule has 216 valence electrons. The van der Waals surface area contributed by atoms with Crippen molar-refractivity contribution in [3.8, 4) is 33.4 Å². The van der Waals surface area contributed by atoms with Gasteiger partial charge in [0.1, 0.15) is 0 Å². The van der Waals surface area contributed by atoms with Crippen molar-refractivity contribution in [2.24, 2.45) is 0 Å². The molecule has 0 aromatic heterocycles. The van der Waals surface area contributed by atoms with Gasteiger partial charge in [0.2, 0.25) is 15.9 Å². The molecular formula is C36H33N3O3S. The van der Waals surface area contributed by atoms with E-state index in [1.807, 2.05) is 85.8 Å². The van der Waals surface area contributed by atoms with Crippen LogP contribution in [0.2, 0.25) is 0 Å². The first-order valence-corrected chi connectivity index (χ1v) is 15.8. The molecule has 0 saturated carbocycles. The van der Waals surface area contributed by atoms with Gasteiger partial charge in [-0.1, -0.05) is 109 Å². The summed E-state index contributed by atoms with van der Waals surface area (Å²) < 4.78 is 28.7. The Hall–Kier alpha value is -4.56. The molecule has 43 heavy (non-hydrogen) atoms. The molecule has 3 N–H and O–H groups in total. The topological polar surface area (TPSA) is 87.3 Å². The Balaban J connectivity index is 1.32. The molecule has 0 radical (unpaired) electrons. The molecule has 1 fully saturated rings. The molecule has 1 aliphatic heterocycles. The van der Waals surface area contributed by atoms with Gasteiger partial charge in [-0.15, -0.1) is 0 Å². The highest BCUT2D eigenvalue weighted by molar-refractivity contribution is 7.89. The summed E-state index contributed by atoms with van der Waals surface area (Å²) in [5, 5.41) is 6.47. The third-order valence-corrected chi connectivity index (χ3v) is 9.30. The fourth-order valence-electron chi connectivity index (χ4n) is 5.51. The predicted octanol–water partition coefficient (Wildman–Crippen LogP) is 6.64. The number of hydrogen-bond donors (Lipinski definition) is 3. The summed E-state index contributed by atoms with van der Waals surface area (Å²) in [4.78, 5) is 14.0. The standard InChI is InChI=1S/C36H33N3O3S/c1-25-17-19-31(20-18-25)43(41,42)39-30-23-34(37-24-30)36(40)38-35-32(27-13-7-3-8-14-27)21-29(26-11-5-2-6-12-26)22-33(35)28-15-9-4-10-16-28/h2-22,30,34,37,39H,23-24H2,1H3,(H,38,40)/t30-,34-/m0/s1. The highest BCUT2D eigenvalue weighted by atomic mass is 32.2. The Kier molecular flexibility index (Phi) is 8.20. The van der Waals surface area contributed by atoms with E-state index in [9.17, 15) is 13.2 Å². The molecule has 1 heterocycles. The van der Waals surface area contributed by atoms with E-state index in [0.717, 1.165) is 38.9 Å². The summed E-state index contributed by atoms with van der Waals surface area (Å²) in [7, 11) is -3.71. The zero-order chi connectivity index (χ0) is 29.8. The van der Waals surface area contributed by atoms with Crippen LogP contribution in [-0.4, -0.2) is 33.0 Å². The average Bonchev–Trinajstić information content (AvgIpc) is 3.50. The number of amides is 1. The van der Waals surface area contributed by atoms with E-state index >= 15 is 0 Å². The number of carbonyl (C=O) groups excluding carboxylic acids is 1. The molecule has 1 aliphatic rings. The largest absolute Gasteiger partial charge is 0.324 e. The lowest BCUT2D eigenvalue weighted by Gasteiger charge is -2.21. The Morgan fingerprint density at radius 3 is 1.74 bits per heavy atom. The molecule has 7 heteroatoms. The fourth-order valence-corrected chi connectivity index (χ4v) is 6.75. The third kappa shape index (κ3) is 6.44. The smallest absolute Gasteiger partial charge is 0.241 e. The molecule has 1 amide bonds. The highest BCUT2D eigenvalue weighted by Crippen LogP contribution is 2.41. The monoisotopic (exact) mass is 587 g/mol. The van der Waals surface area contributed by atoms with Crippen molar-refractivity contribution < 1.29 is 13.2 Å². The van der Waals surface area contributed by atoms with Crippen LogP contribution in [0.3, 0.4) is 0 Å². The van der Waals surface area contributed by atoms with Gasteiger partial charge in [-0.2, -0.15) is 0 Å². The van der Waals surface area contributed by atoms with Gasteiger partial charge >= 0.3 is 0 Å². The van der Waals surface area contributed by atoms with Crippen LogP contribution in [0.5, 0.6) is 0 Å². The molecule has 6 rings (SSSR count). The van der Waals surface area contributed by atoms with Crippen LogP contribution in [0, 0.1) is 6.92 Å².